The molecular weight excluding hydrogens is 266 g/mol. The highest BCUT2D eigenvalue weighted by Gasteiger charge is 1.99. The highest BCUT2D eigenvalue weighted by Crippen LogP contribution is 1.93. The van der Waals surface area contributed by atoms with Crippen LogP contribution >= 0.6 is 0 Å². The van der Waals surface area contributed by atoms with Crippen molar-refractivity contribution in [3.63, 3.8) is 0 Å². The Morgan fingerprint density at radius 2 is 1.43 bits per heavy atom. The molecule has 2 N–H and O–H groups in total. The molecule has 0 spiro atoms. The van der Waals surface area contributed by atoms with Crippen LogP contribution in [0.5, 0.6) is 0 Å². The first kappa shape index (κ1) is 14.9. The molecule has 0 atom stereocenters. The average molecular weight is 285 g/mol. The molecule has 0 aliphatic rings. The Hall–Kier alpha value is -2.53. The zero-order chi connectivity index (χ0) is 14.9. The lowest BCUT2D eigenvalue weighted by molar-refractivity contribution is -0.691. The Morgan fingerprint density at radius 3 is 1.90 bits per heavy atom. The zero-order valence-corrected chi connectivity index (χ0v) is 11.7. The summed E-state index contributed by atoms with van der Waals surface area (Å²) in [4.78, 5) is 0. The summed E-state index contributed by atoms with van der Waals surface area (Å²) in [5.74, 6) is 0. The molecule has 0 aromatic carbocycles. The first-order valence-corrected chi connectivity index (χ1v) is 6.72. The molecule has 0 aliphatic carbocycles. The van der Waals surface area contributed by atoms with Crippen molar-refractivity contribution in [1.82, 2.24) is 0 Å². The van der Waals surface area contributed by atoms with E-state index in [1.165, 1.54) is 6.21 Å². The molecule has 0 aliphatic heterocycles. The zero-order valence-electron chi connectivity index (χ0n) is 11.7. The van der Waals surface area contributed by atoms with Crippen LogP contribution in [0.4, 0.5) is 0 Å². The predicted octanol–water partition coefficient (Wildman–Crippen LogP) is 0.818. The lowest BCUT2D eigenvalue weighted by atomic mass is 10.3. The number of nitrogens with zero attached hydrogens (tertiary/aromatic N) is 3. The Bertz CT molecular complexity index is 604. The fraction of sp³-hybridized carbons (Fsp3) is 0.188. The number of hydrogen-bond donors (Lipinski definition) is 2. The number of allylic oxidation sites excluding steroid dienone is 2. The second kappa shape index (κ2) is 7.91. The normalized spacial score (nSPS) is 11.5. The highest BCUT2D eigenvalue weighted by atomic mass is 16.4. The lowest BCUT2D eigenvalue weighted by Crippen LogP contribution is -2.33. The van der Waals surface area contributed by atoms with Crippen LogP contribution in [0.2, 0.25) is 0 Å². The van der Waals surface area contributed by atoms with Gasteiger partial charge in [0, 0.05) is 29.8 Å². The van der Waals surface area contributed by atoms with Crippen molar-refractivity contribution in [1.29, 1.82) is 0 Å². The number of rotatable bonds is 6. The fourth-order valence-electron chi connectivity index (χ4n) is 1.85. The van der Waals surface area contributed by atoms with Gasteiger partial charge >= 0.3 is 0 Å². The van der Waals surface area contributed by atoms with Crippen molar-refractivity contribution in [3.8, 4) is 0 Å². The predicted molar refractivity (Wildman–Crippen MR) is 77.7 cm³/mol. The maximum absolute atomic E-state index is 8.97. The van der Waals surface area contributed by atoms with Crippen LogP contribution in [-0.4, -0.2) is 16.5 Å². The van der Waals surface area contributed by atoms with Gasteiger partial charge in [-0.25, -0.2) is 9.13 Å². The largest absolute Gasteiger partial charge is 0.411 e. The van der Waals surface area contributed by atoms with E-state index in [1.54, 1.807) is 0 Å². The number of hydrogen-bond acceptors (Lipinski definition) is 3. The molecule has 2 rings (SSSR count). The molecule has 0 amide bonds. The molecule has 5 nitrogen and oxygen atoms in total. The quantitative estimate of drug-likeness (QED) is 0.271. The molecule has 0 saturated carbocycles. The number of pyridine rings is 2. The van der Waals surface area contributed by atoms with E-state index in [2.05, 4.69) is 17.3 Å². The second-order valence-corrected chi connectivity index (χ2v) is 4.61. The smallest absolute Gasteiger partial charge is 0.169 e. The van der Waals surface area contributed by atoms with E-state index in [4.69, 9.17) is 10.3 Å². The van der Waals surface area contributed by atoms with Gasteiger partial charge in [-0.3, -0.25) is 0 Å². The Labute approximate surface area is 123 Å². The maximum atomic E-state index is 8.97. The van der Waals surface area contributed by atoms with Crippen LogP contribution < -0.4 is 9.13 Å². The number of oxime groups is 1. The minimum absolute atomic E-state index is 0.0737. The van der Waals surface area contributed by atoms with Crippen molar-refractivity contribution < 1.29 is 19.4 Å². The van der Waals surface area contributed by atoms with Crippen molar-refractivity contribution in [2.24, 2.45) is 5.16 Å². The molecule has 2 aromatic heterocycles. The SMILES string of the molecule is OCc1cc[n+](C/C=C/C[n+]2ccc(/C=N\O)cc2)cc1. The van der Waals surface area contributed by atoms with Gasteiger partial charge in [0.1, 0.15) is 0 Å². The summed E-state index contributed by atoms with van der Waals surface area (Å²) in [6.07, 6.45) is 13.3. The summed E-state index contributed by atoms with van der Waals surface area (Å²) < 4.78 is 4.08. The highest BCUT2D eigenvalue weighted by molar-refractivity contribution is 5.78. The summed E-state index contributed by atoms with van der Waals surface area (Å²) in [7, 11) is 0. The van der Waals surface area contributed by atoms with Crippen LogP contribution in [0, 0.1) is 0 Å². The molecule has 108 valence electrons. The molecule has 0 fully saturated rings. The van der Waals surface area contributed by atoms with Crippen molar-refractivity contribution >= 4 is 6.21 Å². The third-order valence-corrected chi connectivity index (χ3v) is 3.07. The topological polar surface area (TPSA) is 60.6 Å². The minimum atomic E-state index is 0.0737. The van der Waals surface area contributed by atoms with Crippen LogP contribution in [0.15, 0.2) is 66.4 Å². The fourth-order valence-corrected chi connectivity index (χ4v) is 1.85. The second-order valence-electron chi connectivity index (χ2n) is 4.61. The third kappa shape index (κ3) is 4.81. The van der Waals surface area contributed by atoms with Gasteiger partial charge in [-0.15, -0.1) is 0 Å². The van der Waals surface area contributed by atoms with Gasteiger partial charge in [-0.1, -0.05) is 5.16 Å². The molecule has 0 bridgehead atoms. The van der Waals surface area contributed by atoms with Gasteiger partial charge in [0.2, 0.25) is 0 Å². The van der Waals surface area contributed by atoms with Gasteiger partial charge in [0.25, 0.3) is 0 Å². The average Bonchev–Trinajstić information content (AvgIpc) is 2.54. The molecule has 0 saturated heterocycles. The van der Waals surface area contributed by atoms with Crippen LogP contribution in [0.1, 0.15) is 11.1 Å². The Balaban J connectivity index is 1.84. The number of aliphatic hydroxyl groups is 1. The summed E-state index contributed by atoms with van der Waals surface area (Å²) in [5, 5.41) is 20.4. The summed E-state index contributed by atoms with van der Waals surface area (Å²) in [5.41, 5.74) is 1.77. The van der Waals surface area contributed by atoms with Crippen LogP contribution in [0.25, 0.3) is 0 Å². The molecule has 0 unspecified atom stereocenters. The minimum Gasteiger partial charge on any atom is -0.411 e. The Kier molecular flexibility index (Phi) is 5.60. The first-order valence-electron chi connectivity index (χ1n) is 6.72. The number of aromatic nitrogens is 2. The van der Waals surface area contributed by atoms with E-state index in [9.17, 15) is 0 Å². The molecular formula is C16H19N3O2+2. The van der Waals surface area contributed by atoms with Gasteiger partial charge in [-0.2, -0.15) is 0 Å². The van der Waals surface area contributed by atoms with Gasteiger partial charge in [0.15, 0.2) is 37.9 Å². The standard InChI is InChI=1S/C16H18N3O2/c20-14-16-5-11-19(12-6-16)8-2-1-7-18-9-3-15(4-10-18)13-17-21/h1-6,9-13,20H,7-8,14H2/q+1/p+1/b2-1+. The van der Waals surface area contributed by atoms with E-state index >= 15 is 0 Å². The first-order chi connectivity index (χ1) is 10.3. The van der Waals surface area contributed by atoms with E-state index in [1.807, 2.05) is 58.2 Å². The molecule has 0 radical (unpaired) electrons. The van der Waals surface area contributed by atoms with E-state index < -0.39 is 0 Å². The maximum Gasteiger partial charge on any atom is 0.169 e. The van der Waals surface area contributed by atoms with Crippen molar-refractivity contribution in [2.45, 2.75) is 19.7 Å². The molecule has 5 heteroatoms. The molecule has 21 heavy (non-hydrogen) atoms. The lowest BCUT2D eigenvalue weighted by Gasteiger charge is -1.95. The van der Waals surface area contributed by atoms with Gasteiger partial charge < -0.3 is 10.3 Å². The summed E-state index contributed by atoms with van der Waals surface area (Å²) in [6.45, 7) is 1.65. The third-order valence-electron chi connectivity index (χ3n) is 3.07. The Morgan fingerprint density at radius 1 is 0.905 bits per heavy atom. The van der Waals surface area contributed by atoms with Gasteiger partial charge in [0.05, 0.1) is 12.8 Å². The monoisotopic (exact) mass is 285 g/mol. The van der Waals surface area contributed by atoms with Crippen molar-refractivity contribution in [2.75, 3.05) is 0 Å². The van der Waals surface area contributed by atoms with E-state index in [-0.39, 0.29) is 6.61 Å². The summed E-state index contributed by atoms with van der Waals surface area (Å²) >= 11 is 0. The summed E-state index contributed by atoms with van der Waals surface area (Å²) in [6, 6.07) is 7.58. The number of aliphatic hydroxyl groups excluding tert-OH is 1. The van der Waals surface area contributed by atoms with Crippen LogP contribution in [0.3, 0.4) is 0 Å². The van der Waals surface area contributed by atoms with E-state index in [0.717, 1.165) is 24.2 Å². The van der Waals surface area contributed by atoms with E-state index in [0.29, 0.717) is 0 Å². The van der Waals surface area contributed by atoms with Crippen LogP contribution in [-0.2, 0) is 19.7 Å². The van der Waals surface area contributed by atoms with Gasteiger partial charge in [-0.05, 0) is 17.7 Å². The van der Waals surface area contributed by atoms with Crippen molar-refractivity contribution in [3.05, 3.63) is 72.3 Å². The molecule has 2 heterocycles. The molecule has 2 aromatic rings.